The zero-order valence-electron chi connectivity index (χ0n) is 11.4. The van der Waals surface area contributed by atoms with Crippen molar-refractivity contribution in [1.29, 1.82) is 0 Å². The molecule has 1 aliphatic heterocycles. The summed E-state index contributed by atoms with van der Waals surface area (Å²) in [6, 6.07) is 2.31. The molecule has 3 unspecified atom stereocenters. The summed E-state index contributed by atoms with van der Waals surface area (Å²) in [5, 5.41) is 3.90. The molecule has 16 heavy (non-hydrogen) atoms. The molecule has 0 aromatic rings. The van der Waals surface area contributed by atoms with Gasteiger partial charge in [0.1, 0.15) is 0 Å². The molecule has 0 amide bonds. The first-order valence-electron chi connectivity index (χ1n) is 6.92. The maximum absolute atomic E-state index is 3.90. The second-order valence-corrected chi connectivity index (χ2v) is 6.82. The quantitative estimate of drug-likeness (QED) is 0.776. The van der Waals surface area contributed by atoms with E-state index in [1.165, 1.54) is 38.6 Å². The van der Waals surface area contributed by atoms with E-state index in [0.717, 1.165) is 18.1 Å². The summed E-state index contributed by atoms with van der Waals surface area (Å²) in [6.45, 7) is 8.43. The molecule has 0 spiro atoms. The summed E-state index contributed by atoms with van der Waals surface area (Å²) in [6.07, 6.45) is 6.81. The van der Waals surface area contributed by atoms with Crippen LogP contribution < -0.4 is 5.32 Å². The van der Waals surface area contributed by atoms with Crippen LogP contribution in [0.1, 0.15) is 52.9 Å². The van der Waals surface area contributed by atoms with E-state index in [2.05, 4.69) is 38.0 Å². The minimum Gasteiger partial charge on any atom is -0.311 e. The van der Waals surface area contributed by atoms with Gasteiger partial charge in [0.15, 0.2) is 0 Å². The molecule has 1 aliphatic carbocycles. The third-order valence-corrected chi connectivity index (χ3v) is 4.65. The zero-order valence-corrected chi connectivity index (χ0v) is 11.4. The first-order chi connectivity index (χ1) is 7.46. The molecule has 2 aliphatic rings. The molecular formula is C14H28N2. The molecule has 1 saturated carbocycles. The molecular weight excluding hydrogens is 196 g/mol. The van der Waals surface area contributed by atoms with E-state index in [-0.39, 0.29) is 0 Å². The Bertz CT molecular complexity index is 237. The van der Waals surface area contributed by atoms with Crippen LogP contribution in [0.3, 0.4) is 0 Å². The maximum Gasteiger partial charge on any atom is 0.00966 e. The van der Waals surface area contributed by atoms with Gasteiger partial charge in [0, 0.05) is 18.1 Å². The molecule has 2 heteroatoms. The van der Waals surface area contributed by atoms with Gasteiger partial charge in [-0.3, -0.25) is 0 Å². The summed E-state index contributed by atoms with van der Waals surface area (Å²) in [5.41, 5.74) is 0.578. The van der Waals surface area contributed by atoms with E-state index < -0.39 is 0 Å². The number of rotatable bonds is 2. The average Bonchev–Trinajstić information content (AvgIpc) is 2.52. The van der Waals surface area contributed by atoms with Crippen molar-refractivity contribution in [2.75, 3.05) is 13.6 Å². The number of piperidine rings is 1. The Morgan fingerprint density at radius 1 is 1.19 bits per heavy atom. The Morgan fingerprint density at radius 3 is 2.50 bits per heavy atom. The van der Waals surface area contributed by atoms with Gasteiger partial charge in [-0.1, -0.05) is 13.8 Å². The highest BCUT2D eigenvalue weighted by Crippen LogP contribution is 2.37. The molecule has 0 bridgehead atoms. The smallest absolute Gasteiger partial charge is 0.00966 e. The Morgan fingerprint density at radius 2 is 1.94 bits per heavy atom. The molecule has 0 radical (unpaired) electrons. The van der Waals surface area contributed by atoms with Crippen LogP contribution in [0, 0.1) is 5.41 Å². The van der Waals surface area contributed by atoms with Gasteiger partial charge in [-0.25, -0.2) is 0 Å². The van der Waals surface area contributed by atoms with E-state index in [1.54, 1.807) is 0 Å². The molecule has 0 aromatic heterocycles. The van der Waals surface area contributed by atoms with Gasteiger partial charge >= 0.3 is 0 Å². The fraction of sp³-hybridized carbons (Fsp3) is 1.00. The second kappa shape index (κ2) is 4.66. The summed E-state index contributed by atoms with van der Waals surface area (Å²) >= 11 is 0. The molecule has 3 atom stereocenters. The fourth-order valence-electron chi connectivity index (χ4n) is 3.35. The lowest BCUT2D eigenvalue weighted by Gasteiger charge is -2.37. The highest BCUT2D eigenvalue weighted by molar-refractivity contribution is 4.90. The van der Waals surface area contributed by atoms with Crippen LogP contribution in [-0.2, 0) is 0 Å². The largest absolute Gasteiger partial charge is 0.311 e. The van der Waals surface area contributed by atoms with Gasteiger partial charge in [0.25, 0.3) is 0 Å². The lowest BCUT2D eigenvalue weighted by molar-refractivity contribution is 0.161. The molecule has 2 nitrogen and oxygen atoms in total. The average molecular weight is 224 g/mol. The lowest BCUT2D eigenvalue weighted by atomic mass is 9.91. The highest BCUT2D eigenvalue weighted by atomic mass is 15.1. The SMILES string of the molecule is CC1CC(NC2CCC(C)(C)C2)CCN1C. The van der Waals surface area contributed by atoms with E-state index in [1.807, 2.05) is 0 Å². The predicted molar refractivity (Wildman–Crippen MR) is 69.7 cm³/mol. The summed E-state index contributed by atoms with van der Waals surface area (Å²) in [7, 11) is 2.25. The summed E-state index contributed by atoms with van der Waals surface area (Å²) < 4.78 is 0. The van der Waals surface area contributed by atoms with Crippen molar-refractivity contribution in [1.82, 2.24) is 10.2 Å². The minimum atomic E-state index is 0.578. The maximum atomic E-state index is 3.90. The van der Waals surface area contributed by atoms with Crippen LogP contribution >= 0.6 is 0 Å². The van der Waals surface area contributed by atoms with Gasteiger partial charge in [-0.2, -0.15) is 0 Å². The third kappa shape index (κ3) is 2.98. The molecule has 2 fully saturated rings. The van der Waals surface area contributed by atoms with Gasteiger partial charge in [-0.15, -0.1) is 0 Å². The fourth-order valence-corrected chi connectivity index (χ4v) is 3.35. The van der Waals surface area contributed by atoms with Crippen molar-refractivity contribution in [3.63, 3.8) is 0 Å². The monoisotopic (exact) mass is 224 g/mol. The molecule has 1 saturated heterocycles. The number of hydrogen-bond acceptors (Lipinski definition) is 2. The number of likely N-dealkylation sites (tertiary alicyclic amines) is 1. The molecule has 94 valence electrons. The Balaban J connectivity index is 1.78. The highest BCUT2D eigenvalue weighted by Gasteiger charge is 2.33. The van der Waals surface area contributed by atoms with Gasteiger partial charge in [0.05, 0.1) is 0 Å². The predicted octanol–water partition coefficient (Wildman–Crippen LogP) is 2.64. The van der Waals surface area contributed by atoms with Crippen LogP contribution in [0.4, 0.5) is 0 Å². The van der Waals surface area contributed by atoms with Crippen molar-refractivity contribution in [3.8, 4) is 0 Å². The van der Waals surface area contributed by atoms with Gasteiger partial charge < -0.3 is 10.2 Å². The third-order valence-electron chi connectivity index (χ3n) is 4.65. The van der Waals surface area contributed by atoms with E-state index >= 15 is 0 Å². The standard InChI is InChI=1S/C14H28N2/c1-11-9-12(6-8-16(11)4)15-13-5-7-14(2,3)10-13/h11-13,15H,5-10H2,1-4H3. The van der Waals surface area contributed by atoms with Crippen molar-refractivity contribution in [2.24, 2.45) is 5.41 Å². The number of nitrogens with zero attached hydrogens (tertiary/aromatic N) is 1. The molecule has 1 N–H and O–H groups in total. The van der Waals surface area contributed by atoms with Crippen LogP contribution in [-0.4, -0.2) is 36.6 Å². The molecule has 1 heterocycles. The van der Waals surface area contributed by atoms with E-state index in [4.69, 9.17) is 0 Å². The van der Waals surface area contributed by atoms with Crippen LogP contribution in [0.15, 0.2) is 0 Å². The zero-order chi connectivity index (χ0) is 11.8. The van der Waals surface area contributed by atoms with Crippen LogP contribution in [0.25, 0.3) is 0 Å². The van der Waals surface area contributed by atoms with E-state index in [9.17, 15) is 0 Å². The van der Waals surface area contributed by atoms with Crippen LogP contribution in [0.2, 0.25) is 0 Å². The summed E-state index contributed by atoms with van der Waals surface area (Å²) in [4.78, 5) is 2.48. The topological polar surface area (TPSA) is 15.3 Å². The Kier molecular flexibility index (Phi) is 3.60. The molecule has 0 aromatic carbocycles. The van der Waals surface area contributed by atoms with Gasteiger partial charge in [-0.05, 0) is 58.0 Å². The Labute approximate surface area is 101 Å². The first-order valence-corrected chi connectivity index (χ1v) is 6.92. The van der Waals surface area contributed by atoms with Crippen molar-refractivity contribution >= 4 is 0 Å². The van der Waals surface area contributed by atoms with Crippen molar-refractivity contribution in [2.45, 2.75) is 71.0 Å². The number of hydrogen-bond donors (Lipinski definition) is 1. The van der Waals surface area contributed by atoms with Gasteiger partial charge in [0.2, 0.25) is 0 Å². The Hall–Kier alpha value is -0.0800. The van der Waals surface area contributed by atoms with E-state index in [0.29, 0.717) is 5.41 Å². The normalized spacial score (nSPS) is 40.1. The second-order valence-electron chi connectivity index (χ2n) is 6.82. The lowest BCUT2D eigenvalue weighted by Crippen LogP contribution is -2.48. The van der Waals surface area contributed by atoms with Crippen molar-refractivity contribution < 1.29 is 0 Å². The van der Waals surface area contributed by atoms with Crippen molar-refractivity contribution in [3.05, 3.63) is 0 Å². The summed E-state index contributed by atoms with van der Waals surface area (Å²) in [5.74, 6) is 0. The first kappa shape index (κ1) is 12.4. The number of nitrogens with one attached hydrogen (secondary N) is 1. The molecule has 2 rings (SSSR count). The minimum absolute atomic E-state index is 0.578. The van der Waals surface area contributed by atoms with Crippen LogP contribution in [0.5, 0.6) is 0 Å².